The Hall–Kier alpha value is -3.13. The zero-order valence-corrected chi connectivity index (χ0v) is 18.1. The fourth-order valence-electron chi connectivity index (χ4n) is 3.61. The summed E-state index contributed by atoms with van der Waals surface area (Å²) in [6.45, 7) is 4.10. The molecule has 1 saturated carbocycles. The highest BCUT2D eigenvalue weighted by Gasteiger charge is 2.28. The molecule has 1 amide bonds. The SMILES string of the molecule is CC(C)n1ncc2c(C(=O)Nc3ncc(Cc4ccc(F)cc4)s3)cc(C3CC3)nc21. The van der Waals surface area contributed by atoms with Gasteiger partial charge in [-0.1, -0.05) is 12.1 Å². The lowest BCUT2D eigenvalue weighted by Crippen LogP contribution is -2.13. The highest BCUT2D eigenvalue weighted by molar-refractivity contribution is 7.15. The Morgan fingerprint density at radius 1 is 1.26 bits per heavy atom. The van der Waals surface area contributed by atoms with E-state index >= 15 is 0 Å². The monoisotopic (exact) mass is 435 g/mol. The van der Waals surface area contributed by atoms with Gasteiger partial charge >= 0.3 is 0 Å². The summed E-state index contributed by atoms with van der Waals surface area (Å²) in [5, 5.41) is 8.68. The number of thiazole rings is 1. The quantitative estimate of drug-likeness (QED) is 0.444. The summed E-state index contributed by atoms with van der Waals surface area (Å²) in [7, 11) is 0. The minimum absolute atomic E-state index is 0.156. The molecule has 1 aliphatic rings. The normalized spacial score (nSPS) is 13.8. The number of hydrogen-bond acceptors (Lipinski definition) is 5. The van der Waals surface area contributed by atoms with Gasteiger partial charge in [0, 0.05) is 35.1 Å². The molecule has 6 nitrogen and oxygen atoms in total. The number of nitrogens with zero attached hydrogens (tertiary/aromatic N) is 4. The number of anilines is 1. The molecule has 1 aromatic carbocycles. The van der Waals surface area contributed by atoms with Crippen LogP contribution in [0.2, 0.25) is 0 Å². The van der Waals surface area contributed by atoms with Crippen LogP contribution in [0.1, 0.15) is 65.1 Å². The van der Waals surface area contributed by atoms with E-state index in [1.54, 1.807) is 24.5 Å². The number of aromatic nitrogens is 4. The van der Waals surface area contributed by atoms with Crippen LogP contribution in [0.15, 0.2) is 42.7 Å². The van der Waals surface area contributed by atoms with E-state index < -0.39 is 0 Å². The maximum Gasteiger partial charge on any atom is 0.258 e. The number of halogens is 1. The highest BCUT2D eigenvalue weighted by Crippen LogP contribution is 2.40. The Bertz CT molecular complexity index is 1260. The first-order valence-corrected chi connectivity index (χ1v) is 11.2. The molecule has 1 aliphatic carbocycles. The van der Waals surface area contributed by atoms with E-state index in [-0.39, 0.29) is 17.8 Å². The number of rotatable bonds is 6. The van der Waals surface area contributed by atoms with Crippen molar-refractivity contribution in [2.24, 2.45) is 0 Å². The van der Waals surface area contributed by atoms with Crippen LogP contribution in [0.3, 0.4) is 0 Å². The summed E-state index contributed by atoms with van der Waals surface area (Å²) in [5.41, 5.74) is 3.28. The van der Waals surface area contributed by atoms with Gasteiger partial charge in [-0.15, -0.1) is 11.3 Å². The molecule has 0 radical (unpaired) electrons. The molecule has 8 heteroatoms. The molecule has 158 valence electrons. The fourth-order valence-corrected chi connectivity index (χ4v) is 4.45. The smallest absolute Gasteiger partial charge is 0.258 e. The molecule has 31 heavy (non-hydrogen) atoms. The number of benzene rings is 1. The lowest BCUT2D eigenvalue weighted by atomic mass is 10.1. The van der Waals surface area contributed by atoms with E-state index in [1.807, 2.05) is 10.7 Å². The molecule has 0 atom stereocenters. The van der Waals surface area contributed by atoms with Crippen LogP contribution >= 0.6 is 11.3 Å². The third-order valence-corrected chi connectivity index (χ3v) is 6.29. The van der Waals surface area contributed by atoms with Crippen molar-refractivity contribution in [2.75, 3.05) is 5.32 Å². The van der Waals surface area contributed by atoms with Crippen molar-refractivity contribution in [1.29, 1.82) is 0 Å². The summed E-state index contributed by atoms with van der Waals surface area (Å²) in [5.74, 6) is -0.0371. The Labute approximate surface area is 183 Å². The van der Waals surface area contributed by atoms with E-state index in [0.29, 0.717) is 23.0 Å². The largest absolute Gasteiger partial charge is 0.298 e. The van der Waals surface area contributed by atoms with Gasteiger partial charge in [-0.2, -0.15) is 5.10 Å². The van der Waals surface area contributed by atoms with E-state index in [1.165, 1.54) is 23.5 Å². The molecule has 3 heterocycles. The maximum absolute atomic E-state index is 13.2. The van der Waals surface area contributed by atoms with E-state index in [0.717, 1.165) is 40.0 Å². The van der Waals surface area contributed by atoms with Crippen LogP contribution < -0.4 is 5.32 Å². The molecule has 3 aromatic heterocycles. The Morgan fingerprint density at radius 2 is 2.03 bits per heavy atom. The van der Waals surface area contributed by atoms with Crippen molar-refractivity contribution in [1.82, 2.24) is 19.7 Å². The van der Waals surface area contributed by atoms with Gasteiger partial charge in [0.25, 0.3) is 5.91 Å². The lowest BCUT2D eigenvalue weighted by molar-refractivity contribution is 0.102. The van der Waals surface area contributed by atoms with Crippen LogP contribution in [0.25, 0.3) is 11.0 Å². The molecule has 0 aliphatic heterocycles. The van der Waals surface area contributed by atoms with Gasteiger partial charge in [-0.3, -0.25) is 10.1 Å². The predicted molar refractivity (Wildman–Crippen MR) is 119 cm³/mol. The molecule has 1 N–H and O–H groups in total. The van der Waals surface area contributed by atoms with Crippen molar-refractivity contribution in [3.05, 3.63) is 70.2 Å². The fraction of sp³-hybridized carbons (Fsp3) is 0.304. The third-order valence-electron chi connectivity index (χ3n) is 5.38. The average molecular weight is 436 g/mol. The first kappa shape index (κ1) is 19.8. The second-order valence-corrected chi connectivity index (χ2v) is 9.29. The molecule has 1 fully saturated rings. The Morgan fingerprint density at radius 3 is 2.74 bits per heavy atom. The number of nitrogens with one attached hydrogen (secondary N) is 1. The standard InChI is InChI=1S/C23H22FN5OS/c1-13(2)29-21-19(12-26-29)18(10-20(27-21)15-5-6-15)22(30)28-23-25-11-17(31-23)9-14-3-7-16(24)8-4-14/h3-4,7-8,10-13,15H,5-6,9H2,1-2H3,(H,25,28,30). The zero-order valence-electron chi connectivity index (χ0n) is 17.3. The second kappa shape index (κ2) is 7.85. The van der Waals surface area contributed by atoms with Gasteiger partial charge < -0.3 is 0 Å². The Kier molecular flexibility index (Phi) is 5.02. The van der Waals surface area contributed by atoms with Crippen molar-refractivity contribution < 1.29 is 9.18 Å². The van der Waals surface area contributed by atoms with Crippen LogP contribution in [0.5, 0.6) is 0 Å². The van der Waals surface area contributed by atoms with Crippen molar-refractivity contribution >= 4 is 33.4 Å². The summed E-state index contributed by atoms with van der Waals surface area (Å²) in [6, 6.07) is 8.46. The summed E-state index contributed by atoms with van der Waals surface area (Å²) in [4.78, 5) is 23.3. The lowest BCUT2D eigenvalue weighted by Gasteiger charge is -2.10. The van der Waals surface area contributed by atoms with Gasteiger partial charge in [-0.25, -0.2) is 19.0 Å². The van der Waals surface area contributed by atoms with Crippen LogP contribution in [-0.2, 0) is 6.42 Å². The number of amides is 1. The topological polar surface area (TPSA) is 72.7 Å². The average Bonchev–Trinajstić information content (AvgIpc) is 3.36. The van der Waals surface area contributed by atoms with Crippen molar-refractivity contribution in [3.8, 4) is 0 Å². The van der Waals surface area contributed by atoms with E-state index in [9.17, 15) is 9.18 Å². The van der Waals surface area contributed by atoms with Gasteiger partial charge in [0.1, 0.15) is 5.82 Å². The van der Waals surface area contributed by atoms with Crippen LogP contribution in [0.4, 0.5) is 9.52 Å². The van der Waals surface area contributed by atoms with Crippen LogP contribution in [0, 0.1) is 5.82 Å². The summed E-state index contributed by atoms with van der Waals surface area (Å²) in [6.07, 6.45) is 6.32. The predicted octanol–water partition coefficient (Wildman–Crippen LogP) is 5.33. The van der Waals surface area contributed by atoms with E-state index in [2.05, 4.69) is 29.2 Å². The molecule has 0 unspecified atom stereocenters. The molecular formula is C23H22FN5OS. The van der Waals surface area contributed by atoms with Gasteiger partial charge in [0.2, 0.25) is 0 Å². The molecular weight excluding hydrogens is 413 g/mol. The molecule has 0 bridgehead atoms. The van der Waals surface area contributed by atoms with Crippen molar-refractivity contribution in [2.45, 2.75) is 45.1 Å². The van der Waals surface area contributed by atoms with Crippen molar-refractivity contribution in [3.63, 3.8) is 0 Å². The summed E-state index contributed by atoms with van der Waals surface area (Å²) >= 11 is 1.42. The van der Waals surface area contributed by atoms with Gasteiger partial charge in [0.05, 0.1) is 17.1 Å². The molecule has 0 saturated heterocycles. The number of fused-ring (bicyclic) bond motifs is 1. The highest BCUT2D eigenvalue weighted by atomic mass is 32.1. The van der Waals surface area contributed by atoms with Crippen LogP contribution in [-0.4, -0.2) is 25.7 Å². The zero-order chi connectivity index (χ0) is 21.5. The van der Waals surface area contributed by atoms with Gasteiger partial charge in [-0.05, 0) is 50.5 Å². The number of hydrogen-bond donors (Lipinski definition) is 1. The third kappa shape index (κ3) is 4.07. The van der Waals surface area contributed by atoms with E-state index in [4.69, 9.17) is 4.98 Å². The number of carbonyl (C=O) groups is 1. The minimum Gasteiger partial charge on any atom is -0.298 e. The molecule has 0 spiro atoms. The minimum atomic E-state index is -0.254. The maximum atomic E-state index is 13.2. The Balaban J connectivity index is 1.40. The first-order chi connectivity index (χ1) is 15.0. The first-order valence-electron chi connectivity index (χ1n) is 10.4. The number of carbonyl (C=O) groups excluding carboxylic acids is 1. The summed E-state index contributed by atoms with van der Waals surface area (Å²) < 4.78 is 15.0. The van der Waals surface area contributed by atoms with Gasteiger partial charge in [0.15, 0.2) is 10.8 Å². The molecule has 4 aromatic rings. The second-order valence-electron chi connectivity index (χ2n) is 8.18. The molecule has 5 rings (SSSR count). The number of pyridine rings is 1.